The van der Waals surface area contributed by atoms with Gasteiger partial charge >= 0.3 is 0 Å². The van der Waals surface area contributed by atoms with Crippen LogP contribution in [-0.2, 0) is 33.2 Å². The van der Waals surface area contributed by atoms with Gasteiger partial charge in [-0.15, -0.1) is 0 Å². The molecule has 0 saturated carbocycles. The van der Waals surface area contributed by atoms with Crippen LogP contribution in [0.2, 0.25) is 0 Å². The van der Waals surface area contributed by atoms with E-state index in [0.29, 0.717) is 26.4 Å². The lowest BCUT2D eigenvalue weighted by atomic mass is 10.2. The molecular weight excluding hydrogens is 400 g/mol. The first-order chi connectivity index (χ1) is 13.7. The Hall–Kier alpha value is -1.07. The van der Waals surface area contributed by atoms with Gasteiger partial charge in [0.15, 0.2) is 5.79 Å². The van der Waals surface area contributed by atoms with E-state index in [4.69, 9.17) is 28.2 Å². The van der Waals surface area contributed by atoms with E-state index in [9.17, 15) is 8.42 Å². The first-order valence-corrected chi connectivity index (χ1v) is 11.1. The molecule has 0 bridgehead atoms. The average Bonchev–Trinajstić information content (AvgIpc) is 3.04. The van der Waals surface area contributed by atoms with Gasteiger partial charge < -0.3 is 24.1 Å². The molecule has 29 heavy (non-hydrogen) atoms. The summed E-state index contributed by atoms with van der Waals surface area (Å²) < 4.78 is 49.3. The Balaban J connectivity index is 0.000000387. The van der Waals surface area contributed by atoms with E-state index < -0.39 is 15.9 Å². The zero-order valence-corrected chi connectivity index (χ0v) is 18.6. The third kappa shape index (κ3) is 11.0. The molecule has 0 aliphatic carbocycles. The van der Waals surface area contributed by atoms with Gasteiger partial charge in [0.1, 0.15) is 6.10 Å². The van der Waals surface area contributed by atoms with Crippen molar-refractivity contribution in [2.45, 2.75) is 50.9 Å². The first kappa shape index (κ1) is 26.0. The summed E-state index contributed by atoms with van der Waals surface area (Å²) in [5, 5.41) is 8.59. The number of rotatable bonds is 11. The van der Waals surface area contributed by atoms with Crippen molar-refractivity contribution < 1.29 is 36.7 Å². The number of aliphatic hydroxyl groups excluding tert-OH is 1. The molecule has 168 valence electrons. The predicted molar refractivity (Wildman–Crippen MR) is 108 cm³/mol. The smallest absolute Gasteiger partial charge is 0.297 e. The van der Waals surface area contributed by atoms with Crippen molar-refractivity contribution in [1.29, 1.82) is 0 Å². The van der Waals surface area contributed by atoms with E-state index in [1.807, 2.05) is 27.7 Å². The third-order valence-electron chi connectivity index (χ3n) is 3.77. The van der Waals surface area contributed by atoms with Crippen molar-refractivity contribution >= 4 is 10.1 Å². The Morgan fingerprint density at radius 3 is 2.14 bits per heavy atom. The second-order valence-electron chi connectivity index (χ2n) is 6.95. The van der Waals surface area contributed by atoms with Crippen molar-refractivity contribution in [2.75, 3.05) is 46.2 Å². The molecule has 1 fully saturated rings. The topological polar surface area (TPSA) is 101 Å². The standard InChI is InChI=1S/C14H22O5S.C6H12O3/c1-3-8-17-9-10-18-11-12-19-20(15,16)14-6-4-13(2)5-7-14;1-6(2)8-4-5(3-7)9-6/h4-7H,3,8-12H2,1-2H3;5,7H,3-4H2,1-2H3/t;5-/m.1/s1. The van der Waals surface area contributed by atoms with Gasteiger partial charge in [0, 0.05) is 6.61 Å². The highest BCUT2D eigenvalue weighted by molar-refractivity contribution is 7.86. The minimum atomic E-state index is -3.69. The van der Waals surface area contributed by atoms with Crippen molar-refractivity contribution in [3.05, 3.63) is 29.8 Å². The molecule has 8 nitrogen and oxygen atoms in total. The summed E-state index contributed by atoms with van der Waals surface area (Å²) in [7, 11) is -3.69. The van der Waals surface area contributed by atoms with Crippen LogP contribution in [0.25, 0.3) is 0 Å². The maximum atomic E-state index is 11.8. The highest BCUT2D eigenvalue weighted by atomic mass is 32.2. The van der Waals surface area contributed by atoms with Crippen LogP contribution in [0.4, 0.5) is 0 Å². The fourth-order valence-corrected chi connectivity index (χ4v) is 3.19. The van der Waals surface area contributed by atoms with Crippen molar-refractivity contribution in [1.82, 2.24) is 0 Å². The van der Waals surface area contributed by atoms with E-state index in [1.54, 1.807) is 12.1 Å². The third-order valence-corrected chi connectivity index (χ3v) is 5.09. The highest BCUT2D eigenvalue weighted by Crippen LogP contribution is 2.21. The van der Waals surface area contributed by atoms with E-state index in [2.05, 4.69) is 0 Å². The van der Waals surface area contributed by atoms with Gasteiger partial charge in [-0.25, -0.2) is 0 Å². The van der Waals surface area contributed by atoms with Crippen LogP contribution in [-0.4, -0.2) is 71.7 Å². The zero-order chi connectivity index (χ0) is 21.8. The summed E-state index contributed by atoms with van der Waals surface area (Å²) in [4.78, 5) is 0.161. The first-order valence-electron chi connectivity index (χ1n) is 9.74. The second kappa shape index (κ2) is 13.3. The lowest BCUT2D eigenvalue weighted by Gasteiger charge is -2.15. The van der Waals surface area contributed by atoms with Crippen LogP contribution in [0.15, 0.2) is 29.2 Å². The van der Waals surface area contributed by atoms with E-state index in [-0.39, 0.29) is 30.8 Å². The molecule has 0 unspecified atom stereocenters. The molecular formula is C20H34O8S. The van der Waals surface area contributed by atoms with Crippen LogP contribution >= 0.6 is 0 Å². The second-order valence-corrected chi connectivity index (χ2v) is 8.56. The van der Waals surface area contributed by atoms with Crippen LogP contribution in [0.1, 0.15) is 32.8 Å². The predicted octanol–water partition coefficient (Wildman–Crippen LogP) is 2.27. The molecule has 1 aromatic carbocycles. The van der Waals surface area contributed by atoms with Gasteiger partial charge in [-0.2, -0.15) is 8.42 Å². The molecule has 0 aromatic heterocycles. The number of aliphatic hydroxyl groups is 1. The van der Waals surface area contributed by atoms with Crippen LogP contribution < -0.4 is 0 Å². The molecule has 1 aliphatic rings. The fraction of sp³-hybridized carbons (Fsp3) is 0.700. The summed E-state index contributed by atoms with van der Waals surface area (Å²) >= 11 is 0. The molecule has 1 heterocycles. The Bertz CT molecular complexity index is 658. The largest absolute Gasteiger partial charge is 0.394 e. The summed E-state index contributed by atoms with van der Waals surface area (Å²) in [5.41, 5.74) is 0.999. The van der Waals surface area contributed by atoms with Crippen LogP contribution in [0.3, 0.4) is 0 Å². The number of benzene rings is 1. The molecule has 1 aliphatic heterocycles. The number of ether oxygens (including phenoxy) is 4. The molecule has 0 radical (unpaired) electrons. The minimum Gasteiger partial charge on any atom is -0.394 e. The van der Waals surface area contributed by atoms with Crippen LogP contribution in [0.5, 0.6) is 0 Å². The maximum Gasteiger partial charge on any atom is 0.297 e. The van der Waals surface area contributed by atoms with E-state index in [0.717, 1.165) is 12.0 Å². The number of hydrogen-bond acceptors (Lipinski definition) is 8. The molecule has 1 atom stereocenters. The van der Waals surface area contributed by atoms with Crippen molar-refractivity contribution in [3.63, 3.8) is 0 Å². The van der Waals surface area contributed by atoms with Gasteiger partial charge in [0.25, 0.3) is 10.1 Å². The number of aryl methyl sites for hydroxylation is 1. The average molecular weight is 435 g/mol. The molecule has 0 amide bonds. The fourth-order valence-electron chi connectivity index (χ4n) is 2.29. The summed E-state index contributed by atoms with van der Waals surface area (Å²) in [6.07, 6.45) is 0.845. The molecule has 0 spiro atoms. The maximum absolute atomic E-state index is 11.8. The summed E-state index contributed by atoms with van der Waals surface area (Å²) in [5.74, 6) is -0.493. The Labute approximate surface area is 174 Å². The summed E-state index contributed by atoms with van der Waals surface area (Å²) in [6, 6.07) is 6.53. The molecule has 9 heteroatoms. The lowest BCUT2D eigenvalue weighted by Crippen LogP contribution is -2.22. The normalized spacial score (nSPS) is 18.3. The van der Waals surface area contributed by atoms with E-state index >= 15 is 0 Å². The van der Waals surface area contributed by atoms with Crippen molar-refractivity contribution in [3.8, 4) is 0 Å². The van der Waals surface area contributed by atoms with Gasteiger partial charge in [-0.3, -0.25) is 4.18 Å². The minimum absolute atomic E-state index is 0.00396. The Kier molecular flexibility index (Phi) is 11.9. The lowest BCUT2D eigenvalue weighted by molar-refractivity contribution is -0.142. The van der Waals surface area contributed by atoms with Crippen molar-refractivity contribution in [2.24, 2.45) is 0 Å². The molecule has 1 aromatic rings. The van der Waals surface area contributed by atoms with Gasteiger partial charge in [-0.05, 0) is 39.3 Å². The highest BCUT2D eigenvalue weighted by Gasteiger charge is 2.31. The van der Waals surface area contributed by atoms with E-state index in [1.165, 1.54) is 12.1 Å². The molecule has 1 N–H and O–H groups in total. The van der Waals surface area contributed by atoms with Crippen LogP contribution in [0, 0.1) is 6.92 Å². The summed E-state index contributed by atoms with van der Waals surface area (Å²) in [6.45, 7) is 10.0. The number of hydrogen-bond donors (Lipinski definition) is 1. The Morgan fingerprint density at radius 1 is 1.07 bits per heavy atom. The van der Waals surface area contributed by atoms with Gasteiger partial charge in [0.05, 0.1) is 44.5 Å². The Morgan fingerprint density at radius 2 is 1.66 bits per heavy atom. The van der Waals surface area contributed by atoms with Gasteiger partial charge in [-0.1, -0.05) is 24.6 Å². The SMILES string of the molecule is CC1(C)OC[C@@H](CO)O1.CCCOCCOCCOS(=O)(=O)c1ccc(C)cc1. The van der Waals surface area contributed by atoms with Gasteiger partial charge in [0.2, 0.25) is 0 Å². The quantitative estimate of drug-likeness (QED) is 0.418. The zero-order valence-electron chi connectivity index (χ0n) is 17.8. The monoisotopic (exact) mass is 434 g/mol. The molecule has 1 saturated heterocycles. The molecule has 2 rings (SSSR count).